The van der Waals surface area contributed by atoms with E-state index in [0.717, 1.165) is 4.31 Å². The molecule has 5 nitrogen and oxygen atoms in total. The van der Waals surface area contributed by atoms with Gasteiger partial charge >= 0.3 is 5.97 Å². The molecule has 19 heavy (non-hydrogen) atoms. The van der Waals surface area contributed by atoms with Crippen LogP contribution in [0.1, 0.15) is 6.92 Å². The number of halogens is 2. The third-order valence-corrected chi connectivity index (χ3v) is 5.57. The van der Waals surface area contributed by atoms with Crippen molar-refractivity contribution in [2.45, 2.75) is 11.8 Å². The lowest BCUT2D eigenvalue weighted by atomic mass is 10.2. The van der Waals surface area contributed by atoms with Crippen molar-refractivity contribution < 1.29 is 18.3 Å². The Bertz CT molecular complexity index is 590. The van der Waals surface area contributed by atoms with Gasteiger partial charge in [0, 0.05) is 23.1 Å². The summed E-state index contributed by atoms with van der Waals surface area (Å²) in [6.07, 6.45) is 0. The van der Waals surface area contributed by atoms with Gasteiger partial charge in [-0.15, -0.1) is 0 Å². The number of hydrogen-bond acceptors (Lipinski definition) is 3. The molecule has 106 valence electrons. The highest BCUT2D eigenvalue weighted by Gasteiger charge is 2.26. The summed E-state index contributed by atoms with van der Waals surface area (Å²) in [6.45, 7) is 1.35. The summed E-state index contributed by atoms with van der Waals surface area (Å²) in [5, 5.41) is 9.22. The molecule has 0 spiro atoms. The number of carboxylic acid groups (broad SMARTS) is 1. The Kier molecular flexibility index (Phi) is 5.37. The van der Waals surface area contributed by atoms with Crippen LogP contribution in [-0.4, -0.2) is 37.4 Å². The first kappa shape index (κ1) is 16.4. The normalized spacial score (nSPS) is 13.5. The van der Waals surface area contributed by atoms with Crippen molar-refractivity contribution in [3.05, 3.63) is 27.7 Å². The van der Waals surface area contributed by atoms with Crippen molar-refractivity contribution >= 4 is 43.5 Å². The predicted octanol–water partition coefficient (Wildman–Crippen LogP) is 2.44. The molecule has 0 aromatic heterocycles. The maximum Gasteiger partial charge on any atom is 0.307 e. The molecule has 0 aliphatic carbocycles. The predicted molar refractivity (Wildman–Crippen MR) is 75.8 cm³/mol. The standard InChI is InChI=1S/C11H13BrClNO4S/c1-7(11(15)16)6-14(2)19(17,18)10-4-3-8(13)5-9(10)12/h3-5,7H,6H2,1-2H3,(H,15,16). The summed E-state index contributed by atoms with van der Waals surface area (Å²) >= 11 is 8.90. The van der Waals surface area contributed by atoms with Crippen LogP contribution in [0, 0.1) is 5.92 Å². The summed E-state index contributed by atoms with van der Waals surface area (Å²) in [6, 6.07) is 4.32. The topological polar surface area (TPSA) is 74.7 Å². The zero-order valence-corrected chi connectivity index (χ0v) is 13.5. The van der Waals surface area contributed by atoms with Crippen LogP contribution < -0.4 is 0 Å². The first-order chi connectivity index (χ1) is 8.66. The Hall–Kier alpha value is -0.630. The number of rotatable bonds is 5. The summed E-state index contributed by atoms with van der Waals surface area (Å²) in [4.78, 5) is 10.8. The van der Waals surface area contributed by atoms with Crippen LogP contribution in [-0.2, 0) is 14.8 Å². The van der Waals surface area contributed by atoms with E-state index in [1.54, 1.807) is 0 Å². The molecule has 1 aromatic carbocycles. The lowest BCUT2D eigenvalue weighted by Gasteiger charge is -2.20. The lowest BCUT2D eigenvalue weighted by Crippen LogP contribution is -2.33. The van der Waals surface area contributed by atoms with E-state index in [9.17, 15) is 13.2 Å². The maximum absolute atomic E-state index is 12.3. The molecule has 0 radical (unpaired) electrons. The van der Waals surface area contributed by atoms with E-state index in [-0.39, 0.29) is 11.4 Å². The quantitative estimate of drug-likeness (QED) is 0.864. The molecule has 8 heteroatoms. The fourth-order valence-electron chi connectivity index (χ4n) is 1.41. The van der Waals surface area contributed by atoms with Gasteiger partial charge in [-0.25, -0.2) is 12.7 Å². The second-order valence-electron chi connectivity index (χ2n) is 4.10. The molecule has 0 bridgehead atoms. The monoisotopic (exact) mass is 369 g/mol. The molecule has 1 unspecified atom stereocenters. The Morgan fingerprint density at radius 3 is 2.58 bits per heavy atom. The minimum Gasteiger partial charge on any atom is -0.481 e. The smallest absolute Gasteiger partial charge is 0.307 e. The van der Waals surface area contributed by atoms with E-state index in [2.05, 4.69) is 15.9 Å². The molecular formula is C11H13BrClNO4S. The van der Waals surface area contributed by atoms with Crippen LogP contribution in [0.3, 0.4) is 0 Å². The first-order valence-electron chi connectivity index (χ1n) is 5.30. The average Bonchev–Trinajstić information content (AvgIpc) is 2.27. The van der Waals surface area contributed by atoms with E-state index < -0.39 is 21.9 Å². The van der Waals surface area contributed by atoms with E-state index >= 15 is 0 Å². The summed E-state index contributed by atoms with van der Waals surface area (Å²) < 4.78 is 25.9. The number of carboxylic acids is 1. The second-order valence-corrected chi connectivity index (χ2v) is 7.40. The van der Waals surface area contributed by atoms with Gasteiger partial charge in [0.05, 0.1) is 10.8 Å². The van der Waals surface area contributed by atoms with Crippen LogP contribution in [0.25, 0.3) is 0 Å². The molecule has 0 amide bonds. The largest absolute Gasteiger partial charge is 0.481 e. The van der Waals surface area contributed by atoms with E-state index in [1.807, 2.05) is 0 Å². The van der Waals surface area contributed by atoms with Crippen molar-refractivity contribution in [1.29, 1.82) is 0 Å². The van der Waals surface area contributed by atoms with Gasteiger partial charge in [-0.05, 0) is 34.1 Å². The molecule has 0 aliphatic heterocycles. The van der Waals surface area contributed by atoms with Gasteiger partial charge in [0.25, 0.3) is 0 Å². The van der Waals surface area contributed by atoms with Crippen molar-refractivity contribution in [2.24, 2.45) is 5.92 Å². The maximum atomic E-state index is 12.3. The molecule has 0 heterocycles. The second kappa shape index (κ2) is 6.21. The van der Waals surface area contributed by atoms with Gasteiger partial charge in [-0.1, -0.05) is 18.5 Å². The fourth-order valence-corrected chi connectivity index (χ4v) is 4.01. The van der Waals surface area contributed by atoms with Gasteiger partial charge in [0.2, 0.25) is 10.0 Å². The van der Waals surface area contributed by atoms with Crippen LogP contribution in [0.5, 0.6) is 0 Å². The van der Waals surface area contributed by atoms with Crippen molar-refractivity contribution in [3.8, 4) is 0 Å². The summed E-state index contributed by atoms with van der Waals surface area (Å²) in [5.41, 5.74) is 0. The third-order valence-electron chi connectivity index (χ3n) is 2.53. The third kappa shape index (κ3) is 3.92. The molecular weight excluding hydrogens is 358 g/mol. The Morgan fingerprint density at radius 2 is 2.11 bits per heavy atom. The van der Waals surface area contributed by atoms with Crippen LogP contribution in [0.4, 0.5) is 0 Å². The van der Waals surface area contributed by atoms with Crippen LogP contribution >= 0.6 is 27.5 Å². The number of hydrogen-bond donors (Lipinski definition) is 1. The molecule has 1 rings (SSSR count). The SMILES string of the molecule is CC(CN(C)S(=O)(=O)c1ccc(Cl)cc1Br)C(=O)O. The van der Waals surface area contributed by atoms with Gasteiger partial charge in [-0.2, -0.15) is 0 Å². The van der Waals surface area contributed by atoms with Crippen molar-refractivity contribution in [1.82, 2.24) is 4.31 Å². The van der Waals surface area contributed by atoms with E-state index in [1.165, 1.54) is 32.2 Å². The Balaban J connectivity index is 3.06. The lowest BCUT2D eigenvalue weighted by molar-refractivity contribution is -0.141. The molecule has 1 N–H and O–H groups in total. The van der Waals surface area contributed by atoms with Crippen LogP contribution in [0.15, 0.2) is 27.6 Å². The van der Waals surface area contributed by atoms with Gasteiger partial charge in [0.1, 0.15) is 0 Å². The minimum atomic E-state index is -3.75. The number of nitrogens with zero attached hydrogens (tertiary/aromatic N) is 1. The molecule has 1 atom stereocenters. The van der Waals surface area contributed by atoms with E-state index in [0.29, 0.717) is 9.50 Å². The highest BCUT2D eigenvalue weighted by Crippen LogP contribution is 2.27. The van der Waals surface area contributed by atoms with Crippen LogP contribution in [0.2, 0.25) is 5.02 Å². The van der Waals surface area contributed by atoms with Gasteiger partial charge in [0.15, 0.2) is 0 Å². The number of benzene rings is 1. The molecule has 1 aromatic rings. The summed E-state index contributed by atoms with van der Waals surface area (Å²) in [7, 11) is -2.41. The zero-order valence-electron chi connectivity index (χ0n) is 10.3. The van der Waals surface area contributed by atoms with Crippen molar-refractivity contribution in [3.63, 3.8) is 0 Å². The van der Waals surface area contributed by atoms with Gasteiger partial charge in [-0.3, -0.25) is 4.79 Å². The van der Waals surface area contributed by atoms with Crippen molar-refractivity contribution in [2.75, 3.05) is 13.6 Å². The molecule has 0 aliphatic rings. The number of sulfonamides is 1. The average molecular weight is 371 g/mol. The Morgan fingerprint density at radius 1 is 1.53 bits per heavy atom. The fraction of sp³-hybridized carbons (Fsp3) is 0.364. The van der Waals surface area contributed by atoms with E-state index in [4.69, 9.17) is 16.7 Å². The molecule has 0 fully saturated rings. The highest BCUT2D eigenvalue weighted by molar-refractivity contribution is 9.10. The molecule has 0 saturated heterocycles. The summed E-state index contributed by atoms with van der Waals surface area (Å²) in [5.74, 6) is -1.83. The number of aliphatic carboxylic acids is 1. The first-order valence-corrected chi connectivity index (χ1v) is 7.91. The highest BCUT2D eigenvalue weighted by atomic mass is 79.9. The molecule has 0 saturated carbocycles. The minimum absolute atomic E-state index is 0.0528. The zero-order chi connectivity index (χ0) is 14.8. The van der Waals surface area contributed by atoms with Gasteiger partial charge < -0.3 is 5.11 Å². The Labute approximate surface area is 125 Å². The number of carbonyl (C=O) groups is 1.